The zero-order chi connectivity index (χ0) is 18.3. The first-order valence-corrected chi connectivity index (χ1v) is 6.66. The Morgan fingerprint density at radius 2 is 1.39 bits per heavy atom. The van der Waals surface area contributed by atoms with Crippen LogP contribution in [0.3, 0.4) is 0 Å². The number of aryl methyl sites for hydroxylation is 1. The van der Waals surface area contributed by atoms with Crippen LogP contribution in [0.4, 0.5) is 30.7 Å². The first-order chi connectivity index (χ1) is 10.1. The molecule has 0 radical (unpaired) electrons. The molecule has 0 fully saturated rings. The summed E-state index contributed by atoms with van der Waals surface area (Å²) in [4.78, 5) is 0. The smallest absolute Gasteiger partial charge is 0.353 e. The van der Waals surface area contributed by atoms with E-state index in [-0.39, 0.29) is 11.1 Å². The van der Waals surface area contributed by atoms with Gasteiger partial charge in [0, 0.05) is 11.0 Å². The van der Waals surface area contributed by atoms with Gasteiger partial charge in [0.2, 0.25) is 0 Å². The van der Waals surface area contributed by atoms with Crippen LogP contribution in [0.1, 0.15) is 31.9 Å². The van der Waals surface area contributed by atoms with Crippen molar-refractivity contribution in [1.82, 2.24) is 0 Å². The molecule has 0 spiro atoms. The van der Waals surface area contributed by atoms with Gasteiger partial charge >= 0.3 is 12.4 Å². The second-order valence-electron chi connectivity index (χ2n) is 6.25. The Morgan fingerprint density at radius 1 is 0.913 bits per heavy atom. The summed E-state index contributed by atoms with van der Waals surface area (Å²) in [5.41, 5.74) is -6.89. The minimum Gasteiger partial charge on any atom is -0.353 e. The van der Waals surface area contributed by atoms with Crippen molar-refractivity contribution in [3.63, 3.8) is 0 Å². The molecule has 0 N–H and O–H groups in total. The molecule has 0 aliphatic rings. The predicted octanol–water partition coefficient (Wildman–Crippen LogP) is 5.56. The normalized spacial score (nSPS) is 14.2. The predicted molar refractivity (Wildman–Crippen MR) is 70.2 cm³/mol. The van der Waals surface area contributed by atoms with Gasteiger partial charge in [0.05, 0.1) is 6.61 Å². The van der Waals surface area contributed by atoms with Crippen molar-refractivity contribution in [2.75, 3.05) is 0 Å². The van der Waals surface area contributed by atoms with E-state index in [2.05, 4.69) is 4.74 Å². The average Bonchev–Trinajstić information content (AvgIpc) is 2.27. The van der Waals surface area contributed by atoms with Crippen LogP contribution in [-0.2, 0) is 11.3 Å². The molecule has 1 aromatic carbocycles. The molecule has 0 bridgehead atoms. The van der Waals surface area contributed by atoms with Crippen molar-refractivity contribution in [3.8, 4) is 0 Å². The summed E-state index contributed by atoms with van der Waals surface area (Å²) < 4.78 is 98.0. The third kappa shape index (κ3) is 3.46. The molecule has 0 atom stereocenters. The van der Waals surface area contributed by atoms with Gasteiger partial charge in [-0.25, -0.2) is 4.39 Å². The van der Waals surface area contributed by atoms with E-state index >= 15 is 0 Å². The van der Waals surface area contributed by atoms with Gasteiger partial charge in [-0.2, -0.15) is 26.3 Å². The lowest BCUT2D eigenvalue weighted by Gasteiger charge is -2.46. The van der Waals surface area contributed by atoms with Crippen LogP contribution in [0.5, 0.6) is 0 Å². The Kier molecular flexibility index (Phi) is 5.11. The molecule has 1 aromatic rings. The largest absolute Gasteiger partial charge is 0.427 e. The molecular formula is C15H17F7O. The highest BCUT2D eigenvalue weighted by atomic mass is 19.4. The summed E-state index contributed by atoms with van der Waals surface area (Å²) in [7, 11) is 0. The lowest BCUT2D eigenvalue weighted by Crippen LogP contribution is -2.66. The maximum Gasteiger partial charge on any atom is 0.427 e. The van der Waals surface area contributed by atoms with Crippen LogP contribution in [0.25, 0.3) is 0 Å². The average molecular weight is 346 g/mol. The quantitative estimate of drug-likeness (QED) is 0.651. The standard InChI is InChI=1S/C15H17F7O/c1-9-6-5-7-11(16)10(9)8-23-13(12(2,3)4,14(17,18)19)15(20,21)22/h5-7H,8H2,1-4H3. The molecule has 0 unspecified atom stereocenters. The molecule has 0 saturated carbocycles. The van der Waals surface area contributed by atoms with Crippen molar-refractivity contribution < 1.29 is 35.5 Å². The van der Waals surface area contributed by atoms with E-state index in [4.69, 9.17) is 0 Å². The zero-order valence-electron chi connectivity index (χ0n) is 13.0. The van der Waals surface area contributed by atoms with Crippen LogP contribution in [0.2, 0.25) is 0 Å². The minimum atomic E-state index is -5.72. The number of alkyl halides is 6. The van der Waals surface area contributed by atoms with Gasteiger partial charge in [-0.1, -0.05) is 32.9 Å². The molecule has 8 heteroatoms. The molecule has 0 aliphatic heterocycles. The van der Waals surface area contributed by atoms with Crippen molar-refractivity contribution >= 4 is 0 Å². The lowest BCUT2D eigenvalue weighted by molar-refractivity contribution is -0.413. The van der Waals surface area contributed by atoms with Crippen LogP contribution >= 0.6 is 0 Å². The summed E-state index contributed by atoms with van der Waals surface area (Å²) in [6.07, 6.45) is -11.4. The zero-order valence-corrected chi connectivity index (χ0v) is 13.0. The third-order valence-electron chi connectivity index (χ3n) is 3.64. The highest BCUT2D eigenvalue weighted by Gasteiger charge is 2.77. The first-order valence-electron chi connectivity index (χ1n) is 6.66. The number of benzene rings is 1. The van der Waals surface area contributed by atoms with E-state index in [0.717, 1.165) is 26.8 Å². The fourth-order valence-corrected chi connectivity index (χ4v) is 2.42. The fraction of sp³-hybridized carbons (Fsp3) is 0.600. The summed E-state index contributed by atoms with van der Waals surface area (Å²) in [5.74, 6) is -0.919. The van der Waals surface area contributed by atoms with E-state index in [1.165, 1.54) is 19.1 Å². The van der Waals surface area contributed by atoms with Crippen LogP contribution in [0, 0.1) is 18.2 Å². The Labute approximate surface area is 129 Å². The summed E-state index contributed by atoms with van der Waals surface area (Å²) in [6.45, 7) is 2.57. The highest BCUT2D eigenvalue weighted by molar-refractivity contribution is 5.26. The van der Waals surface area contributed by atoms with Crippen LogP contribution in [0.15, 0.2) is 18.2 Å². The summed E-state index contributed by atoms with van der Waals surface area (Å²) in [5, 5.41) is 0. The molecule has 23 heavy (non-hydrogen) atoms. The molecule has 1 rings (SSSR count). The second kappa shape index (κ2) is 5.96. The second-order valence-corrected chi connectivity index (χ2v) is 6.25. The Balaban J connectivity index is 3.38. The van der Waals surface area contributed by atoms with E-state index in [1.807, 2.05) is 0 Å². The van der Waals surface area contributed by atoms with E-state index in [1.54, 1.807) is 0 Å². The van der Waals surface area contributed by atoms with Gasteiger partial charge in [0.1, 0.15) is 5.82 Å². The summed E-state index contributed by atoms with van der Waals surface area (Å²) in [6, 6.07) is 3.63. The monoisotopic (exact) mass is 346 g/mol. The number of hydrogen-bond acceptors (Lipinski definition) is 1. The molecule has 0 heterocycles. The number of ether oxygens (including phenoxy) is 1. The van der Waals surface area contributed by atoms with Crippen molar-refractivity contribution in [3.05, 3.63) is 35.1 Å². The third-order valence-corrected chi connectivity index (χ3v) is 3.64. The van der Waals surface area contributed by atoms with Gasteiger partial charge in [-0.15, -0.1) is 0 Å². The van der Waals surface area contributed by atoms with Gasteiger partial charge in [-0.3, -0.25) is 0 Å². The van der Waals surface area contributed by atoms with Crippen molar-refractivity contribution in [1.29, 1.82) is 0 Å². The van der Waals surface area contributed by atoms with E-state index < -0.39 is 35.8 Å². The van der Waals surface area contributed by atoms with Gasteiger partial charge in [0.15, 0.2) is 0 Å². The topological polar surface area (TPSA) is 9.23 Å². The molecule has 0 aliphatic carbocycles. The molecule has 0 saturated heterocycles. The Morgan fingerprint density at radius 3 is 1.74 bits per heavy atom. The molecule has 1 nitrogen and oxygen atoms in total. The first kappa shape index (κ1) is 19.7. The van der Waals surface area contributed by atoms with Crippen LogP contribution < -0.4 is 0 Å². The van der Waals surface area contributed by atoms with Crippen LogP contribution in [-0.4, -0.2) is 18.0 Å². The number of hydrogen-bond donors (Lipinski definition) is 0. The number of rotatable bonds is 3. The Hall–Kier alpha value is -1.31. The Bertz CT molecular complexity index is 496. The van der Waals surface area contributed by atoms with Gasteiger partial charge in [0.25, 0.3) is 5.60 Å². The van der Waals surface area contributed by atoms with E-state index in [0.29, 0.717) is 0 Å². The van der Waals surface area contributed by atoms with Gasteiger partial charge < -0.3 is 4.74 Å². The lowest BCUT2D eigenvalue weighted by atomic mass is 9.75. The molecule has 132 valence electrons. The maximum atomic E-state index is 13.7. The highest BCUT2D eigenvalue weighted by Crippen LogP contribution is 2.55. The van der Waals surface area contributed by atoms with Gasteiger partial charge in [-0.05, 0) is 18.6 Å². The van der Waals surface area contributed by atoms with Crippen molar-refractivity contribution in [2.45, 2.75) is 52.3 Å². The van der Waals surface area contributed by atoms with Crippen molar-refractivity contribution in [2.24, 2.45) is 5.41 Å². The molecular weight excluding hydrogens is 329 g/mol. The van der Waals surface area contributed by atoms with E-state index in [9.17, 15) is 30.7 Å². The molecule has 0 amide bonds. The number of halogens is 7. The molecule has 0 aromatic heterocycles. The SMILES string of the molecule is Cc1cccc(F)c1COC(C(C)(C)C)(C(F)(F)F)C(F)(F)F. The fourth-order valence-electron chi connectivity index (χ4n) is 2.42. The minimum absolute atomic E-state index is 0.206. The maximum absolute atomic E-state index is 13.7. The summed E-state index contributed by atoms with van der Waals surface area (Å²) >= 11 is 0.